The molecule has 17 heteroatoms. The standard InChI is InChI=1S/C29H27B3F3N7O3S/c1-4-45-27-20-22-18(12-16(13-37-22)24-26(29(30,31)32)39-40-41(24)2)42(25(20)19(14-38-27)46(3,43)44)23(21-17(33)6-5-11-36-21)15-7-9-28(34,35)10-8-15/h5-6,11-15,23H,4,7-10H2,1-3H3. The van der Waals surface area contributed by atoms with Gasteiger partial charge in [0.15, 0.2) is 9.84 Å². The summed E-state index contributed by atoms with van der Waals surface area (Å²) >= 11 is 0. The van der Waals surface area contributed by atoms with E-state index in [1.54, 1.807) is 24.6 Å². The van der Waals surface area contributed by atoms with E-state index < -0.39 is 51.5 Å². The summed E-state index contributed by atoms with van der Waals surface area (Å²) in [4.78, 5) is 13.2. The summed E-state index contributed by atoms with van der Waals surface area (Å²) in [5, 5.41) is 6.43. The van der Waals surface area contributed by atoms with Crippen LogP contribution < -0.4 is 4.74 Å². The van der Waals surface area contributed by atoms with Crippen molar-refractivity contribution >= 4 is 55.3 Å². The molecule has 0 spiro atoms. The molecule has 1 atom stereocenters. The number of halogens is 3. The maximum absolute atomic E-state index is 15.8. The number of hydrogen-bond donors (Lipinski definition) is 0. The first kappa shape index (κ1) is 32.1. The molecule has 1 saturated carbocycles. The van der Waals surface area contributed by atoms with Gasteiger partial charge < -0.3 is 9.30 Å². The summed E-state index contributed by atoms with van der Waals surface area (Å²) in [5.74, 6) is -4.04. The number of aryl methyl sites for hydroxylation is 1. The van der Waals surface area contributed by atoms with Gasteiger partial charge in [-0.25, -0.2) is 31.3 Å². The van der Waals surface area contributed by atoms with Crippen molar-refractivity contribution in [2.45, 2.75) is 54.6 Å². The lowest BCUT2D eigenvalue weighted by atomic mass is 9.41. The molecule has 0 N–H and O–H groups in total. The van der Waals surface area contributed by atoms with E-state index in [9.17, 15) is 17.2 Å². The average Bonchev–Trinajstić information content (AvgIpc) is 3.53. The summed E-state index contributed by atoms with van der Waals surface area (Å²) in [6.07, 6.45) is 4.28. The minimum Gasteiger partial charge on any atom is -0.477 e. The van der Waals surface area contributed by atoms with Crippen molar-refractivity contribution in [1.29, 1.82) is 0 Å². The van der Waals surface area contributed by atoms with Crippen LogP contribution in [0, 0.1) is 11.7 Å². The third-order valence-corrected chi connectivity index (χ3v) is 9.43. The zero-order valence-corrected chi connectivity index (χ0v) is 26.1. The molecule has 0 bridgehead atoms. The highest BCUT2D eigenvalue weighted by atomic mass is 32.2. The predicted molar refractivity (Wildman–Crippen MR) is 167 cm³/mol. The van der Waals surface area contributed by atoms with Crippen LogP contribution in [0.5, 0.6) is 5.88 Å². The van der Waals surface area contributed by atoms with Gasteiger partial charge in [-0.05, 0) is 43.9 Å². The Hall–Kier alpha value is -3.88. The van der Waals surface area contributed by atoms with Crippen LogP contribution in [-0.2, 0) is 22.0 Å². The average molecular weight is 643 g/mol. The Bertz CT molecular complexity index is 2070. The van der Waals surface area contributed by atoms with Crippen LogP contribution in [0.2, 0.25) is 0 Å². The summed E-state index contributed by atoms with van der Waals surface area (Å²) in [6, 6.07) is 3.29. The number of hydrogen-bond acceptors (Lipinski definition) is 8. The zero-order chi connectivity index (χ0) is 33.2. The largest absolute Gasteiger partial charge is 0.477 e. The molecule has 46 heavy (non-hydrogen) atoms. The summed E-state index contributed by atoms with van der Waals surface area (Å²) in [6.45, 7) is 1.93. The molecule has 0 saturated heterocycles. The van der Waals surface area contributed by atoms with E-state index in [4.69, 9.17) is 33.3 Å². The van der Waals surface area contributed by atoms with E-state index in [0.717, 1.165) is 6.26 Å². The molecule has 1 aliphatic carbocycles. The highest BCUT2D eigenvalue weighted by molar-refractivity contribution is 7.91. The molecule has 0 aliphatic heterocycles. The van der Waals surface area contributed by atoms with Crippen LogP contribution in [0.1, 0.15) is 50.0 Å². The van der Waals surface area contributed by atoms with Crippen molar-refractivity contribution in [1.82, 2.24) is 34.5 Å². The molecule has 10 nitrogen and oxygen atoms in total. The first-order valence-corrected chi connectivity index (χ1v) is 16.4. The number of alkyl halides is 2. The quantitative estimate of drug-likeness (QED) is 0.235. The molecule has 5 aromatic rings. The number of pyridine rings is 3. The fraction of sp³-hybridized carbons (Fsp3) is 0.414. The van der Waals surface area contributed by atoms with Crippen molar-refractivity contribution in [3.8, 4) is 17.1 Å². The minimum absolute atomic E-state index is 0.0193. The van der Waals surface area contributed by atoms with Gasteiger partial charge in [0.25, 0.3) is 0 Å². The maximum atomic E-state index is 15.8. The van der Waals surface area contributed by atoms with Gasteiger partial charge in [-0.1, -0.05) is 10.3 Å². The highest BCUT2D eigenvalue weighted by Crippen LogP contribution is 2.48. The Kier molecular flexibility index (Phi) is 7.97. The van der Waals surface area contributed by atoms with E-state index in [1.165, 1.54) is 35.4 Å². The van der Waals surface area contributed by atoms with E-state index in [0.29, 0.717) is 16.8 Å². The van der Waals surface area contributed by atoms with Gasteiger partial charge in [0.1, 0.15) is 16.2 Å². The number of ether oxygens (including phenoxy) is 1. The number of aromatic nitrogens is 7. The summed E-state index contributed by atoms with van der Waals surface area (Å²) in [7, 11) is 15.6. The first-order valence-electron chi connectivity index (χ1n) is 14.5. The maximum Gasteiger partial charge on any atom is 0.248 e. The fourth-order valence-electron chi connectivity index (χ4n) is 6.33. The lowest BCUT2D eigenvalue weighted by molar-refractivity contribution is -0.0495. The Morgan fingerprint density at radius 3 is 2.50 bits per heavy atom. The van der Waals surface area contributed by atoms with Crippen LogP contribution in [0.15, 0.2) is 41.7 Å². The molecule has 1 aliphatic rings. The van der Waals surface area contributed by atoms with E-state index in [1.807, 2.05) is 0 Å². The Morgan fingerprint density at radius 1 is 1.15 bits per heavy atom. The lowest BCUT2D eigenvalue weighted by Crippen LogP contribution is -2.31. The fourth-order valence-corrected chi connectivity index (χ4v) is 7.12. The van der Waals surface area contributed by atoms with Gasteiger partial charge >= 0.3 is 0 Å². The van der Waals surface area contributed by atoms with Crippen LogP contribution >= 0.6 is 0 Å². The molecule has 0 amide bonds. The molecular formula is C29H27B3F3N7O3S. The van der Waals surface area contributed by atoms with Crippen molar-refractivity contribution < 1.29 is 26.3 Å². The molecule has 5 aromatic heterocycles. The number of nitrogens with zero attached hydrogens (tertiary/aromatic N) is 7. The number of rotatable bonds is 8. The normalized spacial score (nSPS) is 16.7. The van der Waals surface area contributed by atoms with Gasteiger partial charge in [-0.2, -0.15) is 0 Å². The number of fused-ring (bicyclic) bond motifs is 3. The highest BCUT2D eigenvalue weighted by Gasteiger charge is 2.41. The third-order valence-electron chi connectivity index (χ3n) is 8.33. The van der Waals surface area contributed by atoms with Crippen LogP contribution in [0.3, 0.4) is 0 Å². The molecular weight excluding hydrogens is 616 g/mol. The van der Waals surface area contributed by atoms with Crippen LogP contribution in [-0.4, -0.2) is 85.3 Å². The second kappa shape index (κ2) is 11.4. The van der Waals surface area contributed by atoms with E-state index in [2.05, 4.69) is 20.3 Å². The topological polar surface area (TPSA) is 118 Å². The monoisotopic (exact) mass is 643 g/mol. The Labute approximate surface area is 267 Å². The van der Waals surface area contributed by atoms with Gasteiger partial charge in [0, 0.05) is 44.1 Å². The zero-order valence-electron chi connectivity index (χ0n) is 25.3. The Morgan fingerprint density at radius 2 is 1.87 bits per heavy atom. The minimum atomic E-state index is -3.97. The first-order chi connectivity index (χ1) is 21.6. The molecule has 6 radical (unpaired) electrons. The lowest BCUT2D eigenvalue weighted by Gasteiger charge is -2.35. The molecule has 1 fully saturated rings. The SMILES string of the molecule is [B]C([B])([B])c1nnn(C)c1-c1cnc2c3c(OCC)ncc(S(C)(=O)=O)c3n(C(c3ncccc3F)C3CCC(F)(F)CC3)c2c1. The van der Waals surface area contributed by atoms with Gasteiger partial charge in [0.2, 0.25) is 11.8 Å². The summed E-state index contributed by atoms with van der Waals surface area (Å²) < 4.78 is 80.2. The summed E-state index contributed by atoms with van der Waals surface area (Å²) in [5.41, 5.74) is 1.46. The van der Waals surface area contributed by atoms with Crippen molar-refractivity contribution in [3.63, 3.8) is 0 Å². The van der Waals surface area contributed by atoms with E-state index in [-0.39, 0.29) is 58.0 Å². The van der Waals surface area contributed by atoms with Crippen molar-refractivity contribution in [3.05, 3.63) is 54.0 Å². The smallest absolute Gasteiger partial charge is 0.248 e. The van der Waals surface area contributed by atoms with Gasteiger partial charge in [0.05, 0.1) is 75.9 Å². The number of sulfone groups is 1. The van der Waals surface area contributed by atoms with Gasteiger partial charge in [-0.3, -0.25) is 9.97 Å². The molecule has 5 heterocycles. The van der Waals surface area contributed by atoms with E-state index >= 15 is 4.39 Å². The Balaban J connectivity index is 1.78. The second-order valence-corrected chi connectivity index (χ2v) is 13.7. The van der Waals surface area contributed by atoms with Crippen molar-refractivity contribution in [2.75, 3.05) is 12.9 Å². The molecule has 6 rings (SSSR count). The molecule has 0 aromatic carbocycles. The predicted octanol–water partition coefficient (Wildman–Crippen LogP) is 3.75. The van der Waals surface area contributed by atoms with Crippen LogP contribution in [0.4, 0.5) is 13.2 Å². The second-order valence-electron chi connectivity index (χ2n) is 11.7. The van der Waals surface area contributed by atoms with Crippen molar-refractivity contribution in [2.24, 2.45) is 13.0 Å². The molecule has 1 unspecified atom stereocenters. The van der Waals surface area contributed by atoms with Crippen LogP contribution in [0.25, 0.3) is 33.2 Å². The molecule has 232 valence electrons. The van der Waals surface area contributed by atoms with Gasteiger partial charge in [-0.15, -0.1) is 5.10 Å². The third kappa shape index (κ3) is 5.56.